The molecule has 2 aliphatic rings. The zero-order valence-corrected chi connectivity index (χ0v) is 30.3. The highest BCUT2D eigenvalue weighted by atomic mass is 32.5. The predicted octanol–water partition coefficient (Wildman–Crippen LogP) is 10.4. The normalized spacial score (nSPS) is 17.1. The number of thioether (sulfide) groups is 1. The number of halogens is 8. The van der Waals surface area contributed by atoms with Crippen molar-refractivity contribution in [3.05, 3.63) is 95.8 Å². The Morgan fingerprint density at radius 1 is 0.660 bits per heavy atom. The Morgan fingerprint density at radius 2 is 1.06 bits per heavy atom. The lowest BCUT2D eigenvalue weighted by molar-refractivity contribution is -0.0328. The maximum Gasteiger partial charge on any atom is 0.446 e. The van der Waals surface area contributed by atoms with Crippen LogP contribution in [0, 0.1) is 13.8 Å². The maximum absolute atomic E-state index is 12.9. The van der Waals surface area contributed by atoms with Crippen LogP contribution in [0.2, 0.25) is 0 Å². The van der Waals surface area contributed by atoms with E-state index in [1.165, 1.54) is 29.3 Å². The van der Waals surface area contributed by atoms with Crippen molar-refractivity contribution in [3.8, 4) is 0 Å². The number of anilines is 2. The van der Waals surface area contributed by atoms with Gasteiger partial charge in [0.2, 0.25) is 0 Å². The van der Waals surface area contributed by atoms with E-state index in [1.807, 2.05) is 26.8 Å². The van der Waals surface area contributed by atoms with E-state index in [0.717, 1.165) is 42.0 Å². The van der Waals surface area contributed by atoms with Crippen molar-refractivity contribution in [2.45, 2.75) is 79.8 Å². The molecule has 8 rings (SSSR count). The lowest BCUT2D eigenvalue weighted by Gasteiger charge is -2.40. The molecule has 20 heteroatoms. The first-order valence-electron chi connectivity index (χ1n) is 16.3. The highest BCUT2D eigenvalue weighted by Gasteiger charge is 2.65. The van der Waals surface area contributed by atoms with Gasteiger partial charge >= 0.3 is 15.7 Å². The molecule has 4 heterocycles. The third kappa shape index (κ3) is 8.58. The molecule has 0 amide bonds. The third-order valence-corrected chi connectivity index (χ3v) is 10.4. The summed E-state index contributed by atoms with van der Waals surface area (Å²) in [7, 11) is -9.66. The Balaban J connectivity index is 0.000000173. The number of benzene rings is 2. The van der Waals surface area contributed by atoms with Crippen LogP contribution in [-0.4, -0.2) is 44.7 Å². The van der Waals surface area contributed by atoms with Crippen LogP contribution in [-0.2, 0) is 11.1 Å². The summed E-state index contributed by atoms with van der Waals surface area (Å²) in [5.74, 6) is 2.25. The molecule has 2 saturated carbocycles. The summed E-state index contributed by atoms with van der Waals surface area (Å²) in [6.45, 7) is 7.66. The molecule has 2 fully saturated rings. The fourth-order valence-electron chi connectivity index (χ4n) is 5.76. The smallest absolute Gasteiger partial charge is 0.360 e. The van der Waals surface area contributed by atoms with Crippen molar-refractivity contribution in [1.29, 1.82) is 0 Å². The van der Waals surface area contributed by atoms with Gasteiger partial charge in [0.25, 0.3) is 11.6 Å². The molecule has 2 aromatic carbocycles. The van der Waals surface area contributed by atoms with Gasteiger partial charge in [-0.25, -0.2) is 9.97 Å². The topological polar surface area (TPSA) is 110 Å². The van der Waals surface area contributed by atoms with E-state index in [4.69, 9.17) is 0 Å². The predicted molar refractivity (Wildman–Crippen MR) is 188 cm³/mol. The van der Waals surface area contributed by atoms with Crippen LogP contribution in [0.3, 0.4) is 0 Å². The molecule has 0 unspecified atom stereocenters. The SMILES string of the molecule is CC.Cc1cc(NC2(c3ccc(S(F)(F)(F)(F)F)cc3)CC2)n2ncnc2n1.Cc1cc(NC2(c3ccc(SC(F)(F)F)cc3)CC2)n2ncnc2n1. The van der Waals surface area contributed by atoms with Gasteiger partial charge in [-0.2, -0.15) is 42.4 Å². The highest BCUT2D eigenvalue weighted by Crippen LogP contribution is 3.02. The van der Waals surface area contributed by atoms with Gasteiger partial charge in [-0.1, -0.05) is 57.5 Å². The molecule has 0 radical (unpaired) electrons. The van der Waals surface area contributed by atoms with E-state index in [2.05, 4.69) is 40.8 Å². The standard InChI is InChI=1S/C16H14F3N5S.C15H14F5N5S.C2H6/c1-10-8-13(24-14(22-10)20-9-21-24)23-15(6-7-15)11-2-4-12(5-3-11)25-16(17,18)19;1-10-8-13(25-14(23-10)21-9-22-25)24-15(6-7-15)11-2-4-12(5-3-11)26(16,17,18,19)20;1-2/h2-5,8-9,23H,6-7H2,1H3;2-5,8-9,24H,6-7H2,1H3;1-2H3. The fraction of sp³-hybridized carbons (Fsp3) is 0.333. The fourth-order valence-corrected chi connectivity index (χ4v) is 6.95. The van der Waals surface area contributed by atoms with Crippen molar-refractivity contribution < 1.29 is 32.6 Å². The molecule has 2 aliphatic carbocycles. The second-order valence-electron chi connectivity index (χ2n) is 12.5. The number of nitrogens with zero attached hydrogens (tertiary/aromatic N) is 8. The molecular formula is C33H34F8N10S2. The minimum atomic E-state index is -9.66. The zero-order valence-electron chi connectivity index (χ0n) is 28.7. The largest absolute Gasteiger partial charge is 0.446 e. The second-order valence-corrected chi connectivity index (χ2v) is 16.0. The molecule has 0 spiro atoms. The number of alkyl halides is 3. The minimum absolute atomic E-state index is 0.102. The molecule has 0 atom stereocenters. The number of fused-ring (bicyclic) bond motifs is 2. The van der Waals surface area contributed by atoms with Gasteiger partial charge in [-0.3, -0.25) is 0 Å². The van der Waals surface area contributed by atoms with E-state index in [1.54, 1.807) is 29.6 Å². The van der Waals surface area contributed by atoms with Crippen molar-refractivity contribution in [1.82, 2.24) is 39.2 Å². The molecule has 0 saturated heterocycles. The van der Waals surface area contributed by atoms with Crippen molar-refractivity contribution in [2.75, 3.05) is 10.6 Å². The Hall–Kier alpha value is -4.72. The van der Waals surface area contributed by atoms with E-state index in [0.29, 0.717) is 53.6 Å². The number of hydrogen-bond donors (Lipinski definition) is 2. The van der Waals surface area contributed by atoms with Crippen LogP contribution in [0.25, 0.3) is 11.6 Å². The van der Waals surface area contributed by atoms with Gasteiger partial charge in [-0.15, -0.1) is 0 Å². The Kier molecular flexibility index (Phi) is 9.11. The van der Waals surface area contributed by atoms with Crippen molar-refractivity contribution in [2.24, 2.45) is 0 Å². The number of nitrogens with one attached hydrogen (secondary N) is 2. The second kappa shape index (κ2) is 12.7. The number of aromatic nitrogens is 8. The van der Waals surface area contributed by atoms with Crippen molar-refractivity contribution >= 4 is 45.2 Å². The maximum atomic E-state index is 12.9. The van der Waals surface area contributed by atoms with Gasteiger partial charge in [0.05, 0.1) is 11.1 Å². The van der Waals surface area contributed by atoms with E-state index in [-0.39, 0.29) is 22.2 Å². The molecule has 53 heavy (non-hydrogen) atoms. The monoisotopic (exact) mass is 786 g/mol. The molecule has 4 aromatic heterocycles. The Bertz CT molecular complexity index is 2250. The Morgan fingerprint density at radius 3 is 1.42 bits per heavy atom. The Labute approximate surface area is 302 Å². The minimum Gasteiger partial charge on any atom is -0.360 e. The number of rotatable bonds is 8. The van der Waals surface area contributed by atoms with Crippen LogP contribution < -0.4 is 10.6 Å². The van der Waals surface area contributed by atoms with Gasteiger partial charge in [-0.05, 0) is 86.7 Å². The molecule has 284 valence electrons. The summed E-state index contributed by atoms with van der Waals surface area (Å²) in [5, 5.41) is 15.0. The average Bonchev–Trinajstić information content (AvgIpc) is 3.92. The van der Waals surface area contributed by atoms with E-state index < -0.39 is 26.2 Å². The van der Waals surface area contributed by atoms with Crippen LogP contribution in [0.15, 0.2) is 83.1 Å². The molecule has 2 N–H and O–H groups in total. The first-order chi connectivity index (χ1) is 24.7. The van der Waals surface area contributed by atoms with Gasteiger partial charge in [0.1, 0.15) is 29.2 Å². The van der Waals surface area contributed by atoms with E-state index in [9.17, 15) is 32.6 Å². The van der Waals surface area contributed by atoms with Crippen LogP contribution in [0.4, 0.5) is 44.2 Å². The molecule has 10 nitrogen and oxygen atoms in total. The first kappa shape index (κ1) is 38.0. The molecule has 0 bridgehead atoms. The lowest BCUT2D eigenvalue weighted by Crippen LogP contribution is -2.21. The molecule has 0 aliphatic heterocycles. The molecule has 6 aromatic rings. The van der Waals surface area contributed by atoms with Gasteiger partial charge in [0.15, 0.2) is 0 Å². The first-order valence-corrected chi connectivity index (χ1v) is 19.1. The highest BCUT2D eigenvalue weighted by molar-refractivity contribution is 8.45. The van der Waals surface area contributed by atoms with Crippen molar-refractivity contribution in [3.63, 3.8) is 0 Å². The quantitative estimate of drug-likeness (QED) is 0.115. The molecular weight excluding hydrogens is 753 g/mol. The van der Waals surface area contributed by atoms with E-state index >= 15 is 0 Å². The third-order valence-electron chi connectivity index (χ3n) is 8.49. The zero-order chi connectivity index (χ0) is 38.5. The lowest BCUT2D eigenvalue weighted by atomic mass is 10.1. The van der Waals surface area contributed by atoms with Crippen LogP contribution in [0.1, 0.15) is 62.0 Å². The summed E-state index contributed by atoms with van der Waals surface area (Å²) in [6, 6.07) is 13.2. The summed E-state index contributed by atoms with van der Waals surface area (Å²) in [5.41, 5.74) is -2.20. The number of hydrogen-bond acceptors (Lipinski definition) is 9. The summed E-state index contributed by atoms with van der Waals surface area (Å²) in [6.07, 6.45) is 5.89. The summed E-state index contributed by atoms with van der Waals surface area (Å²) < 4.78 is 105. The summed E-state index contributed by atoms with van der Waals surface area (Å²) >= 11 is -0.102. The van der Waals surface area contributed by atoms with Crippen LogP contribution >= 0.6 is 22.0 Å². The van der Waals surface area contributed by atoms with Gasteiger partial charge in [0, 0.05) is 28.4 Å². The number of aryl methyl sites for hydroxylation is 2. The van der Waals surface area contributed by atoms with Crippen LogP contribution in [0.5, 0.6) is 0 Å². The average molecular weight is 787 g/mol. The summed E-state index contributed by atoms with van der Waals surface area (Å²) in [4.78, 5) is 14.9. The van der Waals surface area contributed by atoms with Gasteiger partial charge < -0.3 is 10.6 Å².